The number of carbonyl (C=O) groups is 1. The number of anilines is 1. The van der Waals surface area contributed by atoms with Crippen LogP contribution in [0.2, 0.25) is 0 Å². The number of aromatic amines is 1. The van der Waals surface area contributed by atoms with Gasteiger partial charge in [-0.2, -0.15) is 0 Å². The normalized spacial score (nSPS) is 10.8. The van der Waals surface area contributed by atoms with Crippen molar-refractivity contribution >= 4 is 22.5 Å². The second kappa shape index (κ2) is 10.4. The molecule has 2 N–H and O–H groups in total. The Morgan fingerprint density at radius 1 is 0.906 bits per heavy atom. The summed E-state index contributed by atoms with van der Waals surface area (Å²) in [5.41, 5.74) is 2.37. The number of aromatic nitrogens is 2. The minimum atomic E-state index is -0.156. The lowest BCUT2D eigenvalue weighted by Crippen LogP contribution is -2.15. The molecule has 1 amide bonds. The maximum Gasteiger partial charge on any atom is 0.258 e. The van der Waals surface area contributed by atoms with Crippen LogP contribution in [0.3, 0.4) is 0 Å². The molecule has 0 bridgehead atoms. The number of rotatable bonds is 9. The number of fused-ring (bicyclic) bond motifs is 1. The zero-order valence-electron chi connectivity index (χ0n) is 17.7. The van der Waals surface area contributed by atoms with Crippen LogP contribution < -0.4 is 15.6 Å². The fourth-order valence-corrected chi connectivity index (χ4v) is 3.50. The Kier molecular flexibility index (Phi) is 6.92. The average molecular weight is 428 g/mol. The van der Waals surface area contributed by atoms with Crippen molar-refractivity contribution in [3.63, 3.8) is 0 Å². The molecule has 1 aromatic heterocycles. The molecular formula is C26H25N3O3. The summed E-state index contributed by atoms with van der Waals surface area (Å²) >= 11 is 0. The SMILES string of the molecule is O=C(CCCc1nc2ccccc2c(=O)[nH]1)Nc1ccccc1OCCc1ccccc1. The number of ether oxygens (including phenoxy) is 1. The molecule has 4 rings (SSSR count). The molecule has 0 unspecified atom stereocenters. The number of amides is 1. The monoisotopic (exact) mass is 427 g/mol. The molecule has 0 saturated heterocycles. The summed E-state index contributed by atoms with van der Waals surface area (Å²) in [5, 5.41) is 3.50. The summed E-state index contributed by atoms with van der Waals surface area (Å²) in [6.07, 6.45) is 2.20. The molecule has 0 atom stereocenters. The van der Waals surface area contributed by atoms with Gasteiger partial charge in [-0.05, 0) is 36.2 Å². The van der Waals surface area contributed by atoms with E-state index in [0.29, 0.717) is 54.0 Å². The van der Waals surface area contributed by atoms with Gasteiger partial charge in [-0.3, -0.25) is 9.59 Å². The standard InChI is InChI=1S/C26H25N3O3/c30-25(16-8-15-24-27-21-12-5-4-11-20(21)26(31)29-24)28-22-13-6-7-14-23(22)32-18-17-19-9-2-1-3-10-19/h1-7,9-14H,8,15-18H2,(H,28,30)(H,27,29,31). The number of aryl methyl sites for hydroxylation is 1. The highest BCUT2D eigenvalue weighted by Crippen LogP contribution is 2.24. The van der Waals surface area contributed by atoms with Gasteiger partial charge in [0.2, 0.25) is 5.91 Å². The third kappa shape index (κ3) is 5.60. The van der Waals surface area contributed by atoms with Crippen LogP contribution in [-0.4, -0.2) is 22.5 Å². The van der Waals surface area contributed by atoms with Gasteiger partial charge in [0, 0.05) is 19.3 Å². The molecule has 1 heterocycles. The van der Waals surface area contributed by atoms with Gasteiger partial charge in [0.1, 0.15) is 11.6 Å². The van der Waals surface area contributed by atoms with Crippen LogP contribution in [0.4, 0.5) is 5.69 Å². The fourth-order valence-electron chi connectivity index (χ4n) is 3.50. The van der Waals surface area contributed by atoms with Crippen LogP contribution in [-0.2, 0) is 17.6 Å². The van der Waals surface area contributed by atoms with Crippen molar-refractivity contribution in [2.24, 2.45) is 0 Å². The summed E-state index contributed by atoms with van der Waals surface area (Å²) in [5.74, 6) is 1.13. The van der Waals surface area contributed by atoms with Gasteiger partial charge in [-0.15, -0.1) is 0 Å². The highest BCUT2D eigenvalue weighted by atomic mass is 16.5. The van der Waals surface area contributed by atoms with E-state index in [0.717, 1.165) is 6.42 Å². The lowest BCUT2D eigenvalue weighted by atomic mass is 10.2. The minimum Gasteiger partial charge on any atom is -0.491 e. The smallest absolute Gasteiger partial charge is 0.258 e. The number of carbonyl (C=O) groups excluding carboxylic acids is 1. The van der Waals surface area contributed by atoms with E-state index in [9.17, 15) is 9.59 Å². The van der Waals surface area contributed by atoms with Crippen molar-refractivity contribution < 1.29 is 9.53 Å². The van der Waals surface area contributed by atoms with E-state index in [2.05, 4.69) is 27.4 Å². The summed E-state index contributed by atoms with van der Waals surface area (Å²) < 4.78 is 5.91. The predicted molar refractivity (Wildman–Crippen MR) is 126 cm³/mol. The van der Waals surface area contributed by atoms with Gasteiger partial charge in [0.05, 0.1) is 23.2 Å². The van der Waals surface area contributed by atoms with Crippen molar-refractivity contribution in [1.82, 2.24) is 9.97 Å². The first-order valence-corrected chi connectivity index (χ1v) is 10.7. The largest absolute Gasteiger partial charge is 0.491 e. The van der Waals surface area contributed by atoms with Gasteiger partial charge < -0.3 is 15.0 Å². The lowest BCUT2D eigenvalue weighted by molar-refractivity contribution is -0.116. The van der Waals surface area contributed by atoms with E-state index in [-0.39, 0.29) is 11.5 Å². The van der Waals surface area contributed by atoms with E-state index in [4.69, 9.17) is 4.74 Å². The lowest BCUT2D eigenvalue weighted by Gasteiger charge is -2.12. The van der Waals surface area contributed by atoms with Crippen molar-refractivity contribution in [2.45, 2.75) is 25.7 Å². The van der Waals surface area contributed by atoms with Crippen LogP contribution in [0, 0.1) is 0 Å². The fraction of sp³-hybridized carbons (Fsp3) is 0.192. The number of hydrogen-bond acceptors (Lipinski definition) is 4. The van der Waals surface area contributed by atoms with Gasteiger partial charge in [-0.1, -0.05) is 54.6 Å². The van der Waals surface area contributed by atoms with Crippen molar-refractivity contribution in [2.75, 3.05) is 11.9 Å². The Hall–Kier alpha value is -3.93. The van der Waals surface area contributed by atoms with Crippen molar-refractivity contribution in [1.29, 1.82) is 0 Å². The Labute approximate surface area is 186 Å². The topological polar surface area (TPSA) is 84.1 Å². The zero-order chi connectivity index (χ0) is 22.2. The van der Waals surface area contributed by atoms with E-state index in [1.165, 1.54) is 5.56 Å². The average Bonchev–Trinajstić information content (AvgIpc) is 2.81. The molecule has 3 aromatic carbocycles. The molecular weight excluding hydrogens is 402 g/mol. The molecule has 0 aliphatic rings. The molecule has 0 fully saturated rings. The quantitative estimate of drug-likeness (QED) is 0.412. The summed E-state index contributed by atoms with van der Waals surface area (Å²) in [4.78, 5) is 31.9. The van der Waals surface area contributed by atoms with Crippen LogP contribution >= 0.6 is 0 Å². The first-order chi connectivity index (χ1) is 15.7. The molecule has 162 valence electrons. The first kappa shape index (κ1) is 21.3. The molecule has 0 radical (unpaired) electrons. The molecule has 0 aliphatic carbocycles. The second-order valence-corrected chi connectivity index (χ2v) is 7.51. The number of hydrogen-bond donors (Lipinski definition) is 2. The third-order valence-electron chi connectivity index (χ3n) is 5.13. The minimum absolute atomic E-state index is 0.104. The van der Waals surface area contributed by atoms with Gasteiger partial charge in [-0.25, -0.2) is 4.98 Å². The van der Waals surface area contributed by atoms with E-state index < -0.39 is 0 Å². The molecule has 4 aromatic rings. The zero-order valence-corrected chi connectivity index (χ0v) is 17.7. The summed E-state index contributed by atoms with van der Waals surface area (Å²) in [7, 11) is 0. The van der Waals surface area contributed by atoms with Gasteiger partial charge >= 0.3 is 0 Å². The molecule has 0 aliphatic heterocycles. The molecule has 6 nitrogen and oxygen atoms in total. The number of benzene rings is 3. The van der Waals surface area contributed by atoms with E-state index in [1.54, 1.807) is 6.07 Å². The van der Waals surface area contributed by atoms with Crippen molar-refractivity contribution in [3.05, 3.63) is 101 Å². The number of nitrogens with zero attached hydrogens (tertiary/aromatic N) is 1. The van der Waals surface area contributed by atoms with Gasteiger partial charge in [0.25, 0.3) is 5.56 Å². The Balaban J connectivity index is 1.29. The number of nitrogens with one attached hydrogen (secondary N) is 2. The Morgan fingerprint density at radius 2 is 1.66 bits per heavy atom. The number of para-hydroxylation sites is 3. The highest BCUT2D eigenvalue weighted by molar-refractivity contribution is 5.92. The van der Waals surface area contributed by atoms with Crippen molar-refractivity contribution in [3.8, 4) is 5.75 Å². The third-order valence-corrected chi connectivity index (χ3v) is 5.13. The summed E-state index contributed by atoms with van der Waals surface area (Å²) in [6.45, 7) is 0.526. The highest BCUT2D eigenvalue weighted by Gasteiger charge is 2.09. The molecule has 32 heavy (non-hydrogen) atoms. The van der Waals surface area contributed by atoms with E-state index in [1.807, 2.05) is 60.7 Å². The Morgan fingerprint density at radius 3 is 2.53 bits per heavy atom. The molecule has 0 spiro atoms. The Bertz CT molecular complexity index is 1250. The maximum absolute atomic E-state index is 12.5. The van der Waals surface area contributed by atoms with Crippen LogP contribution in [0.15, 0.2) is 83.7 Å². The van der Waals surface area contributed by atoms with Crippen LogP contribution in [0.5, 0.6) is 5.75 Å². The van der Waals surface area contributed by atoms with E-state index >= 15 is 0 Å². The number of H-pyrrole nitrogens is 1. The molecule has 0 saturated carbocycles. The van der Waals surface area contributed by atoms with Gasteiger partial charge in [0.15, 0.2) is 0 Å². The maximum atomic E-state index is 12.5. The predicted octanol–water partition coefficient (Wildman–Crippen LogP) is 4.51. The van der Waals surface area contributed by atoms with Crippen LogP contribution in [0.1, 0.15) is 24.2 Å². The second-order valence-electron chi connectivity index (χ2n) is 7.51. The molecule has 6 heteroatoms. The first-order valence-electron chi connectivity index (χ1n) is 10.7. The summed E-state index contributed by atoms with van der Waals surface area (Å²) in [6, 6.07) is 24.8. The van der Waals surface area contributed by atoms with Crippen LogP contribution in [0.25, 0.3) is 10.9 Å².